The molecule has 0 aliphatic heterocycles. The molecule has 1 N–H and O–H groups in total. The first kappa shape index (κ1) is 11.9. The van der Waals surface area contributed by atoms with E-state index in [0.717, 1.165) is 18.8 Å². The van der Waals surface area contributed by atoms with E-state index in [1.54, 1.807) is 0 Å². The first-order valence-electron chi connectivity index (χ1n) is 6.09. The molecule has 0 aliphatic carbocycles. The van der Waals surface area contributed by atoms with Crippen molar-refractivity contribution in [2.45, 2.75) is 19.4 Å². The zero-order chi connectivity index (χ0) is 12.1. The molecule has 1 atom stereocenters. The third-order valence-electron chi connectivity index (χ3n) is 3.05. The van der Waals surface area contributed by atoms with Gasteiger partial charge in [0.05, 0.1) is 6.61 Å². The minimum atomic E-state index is 0.491. The SMILES string of the molecule is CNC(C)CCOc1cccc2ccccc12. The Kier molecular flexibility index (Phi) is 3.99. The van der Waals surface area contributed by atoms with Crippen LogP contribution in [0.3, 0.4) is 0 Å². The first-order valence-corrected chi connectivity index (χ1v) is 6.09. The molecule has 2 nitrogen and oxygen atoms in total. The number of fused-ring (bicyclic) bond motifs is 1. The number of rotatable bonds is 5. The van der Waals surface area contributed by atoms with Crippen molar-refractivity contribution in [3.05, 3.63) is 42.5 Å². The third-order valence-corrected chi connectivity index (χ3v) is 3.05. The maximum atomic E-state index is 5.85. The summed E-state index contributed by atoms with van der Waals surface area (Å²) in [6.07, 6.45) is 1.01. The van der Waals surface area contributed by atoms with Crippen LogP contribution < -0.4 is 10.1 Å². The Morgan fingerprint density at radius 3 is 2.71 bits per heavy atom. The summed E-state index contributed by atoms with van der Waals surface area (Å²) in [6, 6.07) is 15.0. The molecule has 1 unspecified atom stereocenters. The number of hydrogen-bond acceptors (Lipinski definition) is 2. The normalized spacial score (nSPS) is 12.6. The van der Waals surface area contributed by atoms with E-state index in [4.69, 9.17) is 4.74 Å². The summed E-state index contributed by atoms with van der Waals surface area (Å²) < 4.78 is 5.85. The van der Waals surface area contributed by atoms with Crippen LogP contribution in [0.1, 0.15) is 13.3 Å². The summed E-state index contributed by atoms with van der Waals surface area (Å²) in [7, 11) is 1.97. The summed E-state index contributed by atoms with van der Waals surface area (Å²) in [5, 5.41) is 5.62. The number of ether oxygens (including phenoxy) is 1. The molecule has 2 aromatic carbocycles. The highest BCUT2D eigenvalue weighted by molar-refractivity contribution is 5.88. The van der Waals surface area contributed by atoms with Crippen molar-refractivity contribution < 1.29 is 4.74 Å². The van der Waals surface area contributed by atoms with E-state index in [9.17, 15) is 0 Å². The summed E-state index contributed by atoms with van der Waals surface area (Å²) in [6.45, 7) is 2.91. The fourth-order valence-corrected chi connectivity index (χ4v) is 1.81. The third kappa shape index (κ3) is 2.98. The van der Waals surface area contributed by atoms with Crippen molar-refractivity contribution in [1.29, 1.82) is 0 Å². The van der Waals surface area contributed by atoms with Gasteiger partial charge in [0.1, 0.15) is 5.75 Å². The van der Waals surface area contributed by atoms with Crippen LogP contribution in [0.15, 0.2) is 42.5 Å². The molecule has 2 rings (SSSR count). The summed E-state index contributed by atoms with van der Waals surface area (Å²) in [5.74, 6) is 0.978. The zero-order valence-corrected chi connectivity index (χ0v) is 10.4. The second kappa shape index (κ2) is 5.69. The molecule has 17 heavy (non-hydrogen) atoms. The van der Waals surface area contributed by atoms with E-state index in [1.807, 2.05) is 25.2 Å². The number of hydrogen-bond donors (Lipinski definition) is 1. The molecule has 0 bridgehead atoms. The van der Waals surface area contributed by atoms with Crippen LogP contribution in [-0.4, -0.2) is 19.7 Å². The lowest BCUT2D eigenvalue weighted by atomic mass is 10.1. The lowest BCUT2D eigenvalue weighted by Crippen LogP contribution is -2.23. The molecule has 0 fully saturated rings. The van der Waals surface area contributed by atoms with Gasteiger partial charge in [-0.2, -0.15) is 0 Å². The van der Waals surface area contributed by atoms with Crippen LogP contribution in [-0.2, 0) is 0 Å². The summed E-state index contributed by atoms with van der Waals surface area (Å²) in [5.41, 5.74) is 0. The van der Waals surface area contributed by atoms with Crippen molar-refractivity contribution >= 4 is 10.8 Å². The smallest absolute Gasteiger partial charge is 0.127 e. The fourth-order valence-electron chi connectivity index (χ4n) is 1.81. The second-order valence-corrected chi connectivity index (χ2v) is 4.30. The maximum absolute atomic E-state index is 5.85. The van der Waals surface area contributed by atoms with Gasteiger partial charge in [0.2, 0.25) is 0 Å². The molecule has 2 aromatic rings. The van der Waals surface area contributed by atoms with Gasteiger partial charge >= 0.3 is 0 Å². The van der Waals surface area contributed by atoms with E-state index in [-0.39, 0.29) is 0 Å². The molecule has 0 saturated carbocycles. The number of benzene rings is 2. The van der Waals surface area contributed by atoms with E-state index < -0.39 is 0 Å². The van der Waals surface area contributed by atoms with Crippen LogP contribution >= 0.6 is 0 Å². The van der Waals surface area contributed by atoms with Crippen LogP contribution in [0.5, 0.6) is 5.75 Å². The lowest BCUT2D eigenvalue weighted by Gasteiger charge is -2.12. The first-order chi connectivity index (χ1) is 8.31. The lowest BCUT2D eigenvalue weighted by molar-refractivity contribution is 0.296. The molecule has 0 spiro atoms. The summed E-state index contributed by atoms with van der Waals surface area (Å²) in [4.78, 5) is 0. The molecule has 0 saturated heterocycles. The average molecular weight is 229 g/mol. The monoisotopic (exact) mass is 229 g/mol. The van der Waals surface area contributed by atoms with E-state index in [1.165, 1.54) is 10.8 Å². The van der Waals surface area contributed by atoms with Crippen LogP contribution in [0.2, 0.25) is 0 Å². The molecule has 0 radical (unpaired) electrons. The van der Waals surface area contributed by atoms with Gasteiger partial charge in [0.15, 0.2) is 0 Å². The Hall–Kier alpha value is -1.54. The van der Waals surface area contributed by atoms with Crippen LogP contribution in [0, 0.1) is 0 Å². The largest absolute Gasteiger partial charge is 0.493 e. The Bertz CT molecular complexity index is 476. The minimum absolute atomic E-state index is 0.491. The van der Waals surface area contributed by atoms with Gasteiger partial charge < -0.3 is 10.1 Å². The molecule has 2 heteroatoms. The molecular formula is C15H19NO. The van der Waals surface area contributed by atoms with Crippen molar-refractivity contribution in [3.8, 4) is 5.75 Å². The van der Waals surface area contributed by atoms with Crippen LogP contribution in [0.25, 0.3) is 10.8 Å². The molecular weight excluding hydrogens is 210 g/mol. The van der Waals surface area contributed by atoms with Crippen molar-refractivity contribution in [3.63, 3.8) is 0 Å². The van der Waals surface area contributed by atoms with Gasteiger partial charge in [-0.15, -0.1) is 0 Å². The Morgan fingerprint density at radius 1 is 1.12 bits per heavy atom. The van der Waals surface area contributed by atoms with Gasteiger partial charge in [-0.3, -0.25) is 0 Å². The Morgan fingerprint density at radius 2 is 1.88 bits per heavy atom. The second-order valence-electron chi connectivity index (χ2n) is 4.30. The molecule has 90 valence electrons. The average Bonchev–Trinajstić information content (AvgIpc) is 2.39. The Balaban J connectivity index is 2.08. The van der Waals surface area contributed by atoms with Crippen LogP contribution in [0.4, 0.5) is 0 Å². The summed E-state index contributed by atoms with van der Waals surface area (Å²) >= 11 is 0. The topological polar surface area (TPSA) is 21.3 Å². The van der Waals surface area contributed by atoms with Gasteiger partial charge in [-0.05, 0) is 31.8 Å². The van der Waals surface area contributed by atoms with Gasteiger partial charge in [-0.1, -0.05) is 36.4 Å². The molecule has 0 aliphatic rings. The van der Waals surface area contributed by atoms with Gasteiger partial charge in [0.25, 0.3) is 0 Å². The molecule has 0 amide bonds. The van der Waals surface area contributed by atoms with Gasteiger partial charge in [0, 0.05) is 11.4 Å². The predicted molar refractivity (Wildman–Crippen MR) is 72.6 cm³/mol. The minimum Gasteiger partial charge on any atom is -0.493 e. The predicted octanol–water partition coefficient (Wildman–Crippen LogP) is 3.22. The van der Waals surface area contributed by atoms with Crippen molar-refractivity contribution in [2.75, 3.05) is 13.7 Å². The highest BCUT2D eigenvalue weighted by Gasteiger charge is 2.02. The number of nitrogens with one attached hydrogen (secondary N) is 1. The zero-order valence-electron chi connectivity index (χ0n) is 10.4. The van der Waals surface area contributed by atoms with Gasteiger partial charge in [-0.25, -0.2) is 0 Å². The van der Waals surface area contributed by atoms with E-state index >= 15 is 0 Å². The molecule has 0 aromatic heterocycles. The fraction of sp³-hybridized carbons (Fsp3) is 0.333. The standard InChI is InChI=1S/C15H19NO/c1-12(16-2)10-11-17-15-9-5-7-13-6-3-4-8-14(13)15/h3-9,12,16H,10-11H2,1-2H3. The highest BCUT2D eigenvalue weighted by Crippen LogP contribution is 2.25. The molecule has 0 heterocycles. The maximum Gasteiger partial charge on any atom is 0.127 e. The van der Waals surface area contributed by atoms with E-state index in [2.05, 4.69) is 36.5 Å². The van der Waals surface area contributed by atoms with Crippen molar-refractivity contribution in [1.82, 2.24) is 5.32 Å². The van der Waals surface area contributed by atoms with Crippen molar-refractivity contribution in [2.24, 2.45) is 0 Å². The van der Waals surface area contributed by atoms with E-state index in [0.29, 0.717) is 6.04 Å². The highest BCUT2D eigenvalue weighted by atomic mass is 16.5. The quantitative estimate of drug-likeness (QED) is 0.850. The Labute approximate surface area is 103 Å².